The molecule has 0 aliphatic carbocycles. The summed E-state index contributed by atoms with van der Waals surface area (Å²) < 4.78 is 0. The lowest BCUT2D eigenvalue weighted by atomic mass is 10.2. The quantitative estimate of drug-likeness (QED) is 0.843. The van der Waals surface area contributed by atoms with Crippen LogP contribution in [0.3, 0.4) is 0 Å². The maximum Gasteiger partial charge on any atom is 0.411 e. The van der Waals surface area contributed by atoms with Gasteiger partial charge in [-0.05, 0) is 17.7 Å². The van der Waals surface area contributed by atoms with Gasteiger partial charge in [-0.1, -0.05) is 33.6 Å². The Balaban J connectivity index is 3.02. The third kappa shape index (κ3) is 2.39. The van der Waals surface area contributed by atoms with Crippen molar-refractivity contribution < 1.29 is 9.90 Å². The zero-order valence-corrected chi connectivity index (χ0v) is 9.84. The fraction of sp³-hybridized carbons (Fsp3) is 0.222. The summed E-state index contributed by atoms with van der Waals surface area (Å²) >= 11 is 9.21. The van der Waals surface area contributed by atoms with Crippen molar-refractivity contribution in [3.63, 3.8) is 0 Å². The monoisotopic (exact) mass is 277 g/mol. The van der Waals surface area contributed by atoms with Crippen molar-refractivity contribution in [2.24, 2.45) is 0 Å². The van der Waals surface area contributed by atoms with Crippen LogP contribution in [0.25, 0.3) is 0 Å². The highest BCUT2D eigenvalue weighted by molar-refractivity contribution is 9.08. The molecule has 0 saturated heterocycles. The molecule has 0 heterocycles. The normalized spacial score (nSPS) is 9.93. The lowest BCUT2D eigenvalue weighted by molar-refractivity contribution is 0.203. The third-order valence-corrected chi connectivity index (χ3v) is 2.81. The number of amides is 1. The van der Waals surface area contributed by atoms with E-state index in [1.54, 1.807) is 18.2 Å². The zero-order valence-electron chi connectivity index (χ0n) is 7.50. The second-order valence-corrected chi connectivity index (χ2v) is 3.72. The number of carboxylic acid groups (broad SMARTS) is 1. The molecular weight excluding hydrogens is 269 g/mol. The Hall–Kier alpha value is -0.740. The minimum absolute atomic E-state index is 0.562. The van der Waals surface area contributed by atoms with Gasteiger partial charge in [-0.3, -0.25) is 4.90 Å². The number of nitrogens with zero attached hydrogens (tertiary/aromatic N) is 1. The number of halogens is 2. The van der Waals surface area contributed by atoms with E-state index in [1.807, 2.05) is 0 Å². The molecule has 0 aliphatic rings. The number of benzene rings is 1. The largest absolute Gasteiger partial charge is 0.465 e. The summed E-state index contributed by atoms with van der Waals surface area (Å²) in [6.45, 7) is 0. The molecule has 5 heteroatoms. The first-order valence-electron chi connectivity index (χ1n) is 3.87. The topological polar surface area (TPSA) is 40.5 Å². The first-order chi connectivity index (χ1) is 6.56. The standard InChI is InChI=1S/C9H9BrClNO2/c1-12(9(13)14)7-3-2-6(5-10)8(11)4-7/h2-4H,5H2,1H3,(H,13,14). The molecule has 0 aromatic heterocycles. The summed E-state index contributed by atoms with van der Waals surface area (Å²) in [5.74, 6) is 0. The van der Waals surface area contributed by atoms with Gasteiger partial charge in [0.05, 0.1) is 0 Å². The van der Waals surface area contributed by atoms with Gasteiger partial charge >= 0.3 is 6.09 Å². The first-order valence-corrected chi connectivity index (χ1v) is 5.37. The molecule has 1 N–H and O–H groups in total. The van der Waals surface area contributed by atoms with Gasteiger partial charge in [-0.25, -0.2) is 4.79 Å². The number of carbonyl (C=O) groups is 1. The molecular formula is C9H9BrClNO2. The van der Waals surface area contributed by atoms with E-state index in [4.69, 9.17) is 16.7 Å². The summed E-state index contributed by atoms with van der Waals surface area (Å²) in [5.41, 5.74) is 1.50. The molecule has 14 heavy (non-hydrogen) atoms. The van der Waals surface area contributed by atoms with E-state index in [0.29, 0.717) is 16.0 Å². The van der Waals surface area contributed by atoms with Crippen molar-refractivity contribution in [3.05, 3.63) is 28.8 Å². The van der Waals surface area contributed by atoms with E-state index in [9.17, 15) is 4.79 Å². The lowest BCUT2D eigenvalue weighted by Crippen LogP contribution is -2.23. The summed E-state index contributed by atoms with van der Waals surface area (Å²) in [6.07, 6.45) is -1.01. The minimum atomic E-state index is -1.01. The molecule has 0 radical (unpaired) electrons. The summed E-state index contributed by atoms with van der Waals surface area (Å²) in [4.78, 5) is 11.8. The van der Waals surface area contributed by atoms with E-state index in [2.05, 4.69) is 15.9 Å². The van der Waals surface area contributed by atoms with Crippen LogP contribution in [-0.4, -0.2) is 18.2 Å². The molecule has 0 spiro atoms. The molecule has 0 unspecified atom stereocenters. The smallest absolute Gasteiger partial charge is 0.411 e. The van der Waals surface area contributed by atoms with Crippen LogP contribution in [-0.2, 0) is 5.33 Å². The van der Waals surface area contributed by atoms with Crippen LogP contribution in [0.15, 0.2) is 18.2 Å². The lowest BCUT2D eigenvalue weighted by Gasteiger charge is -2.13. The van der Waals surface area contributed by atoms with E-state index in [1.165, 1.54) is 7.05 Å². The van der Waals surface area contributed by atoms with Gasteiger partial charge < -0.3 is 5.11 Å². The Labute approximate surface area is 95.4 Å². The third-order valence-electron chi connectivity index (χ3n) is 1.85. The van der Waals surface area contributed by atoms with Gasteiger partial charge in [0.2, 0.25) is 0 Å². The highest BCUT2D eigenvalue weighted by Gasteiger charge is 2.09. The average Bonchev–Trinajstić information content (AvgIpc) is 2.16. The predicted octanol–water partition coefficient (Wildman–Crippen LogP) is 3.35. The van der Waals surface area contributed by atoms with Crippen LogP contribution in [0.1, 0.15) is 5.56 Å². The molecule has 1 aromatic rings. The average molecular weight is 279 g/mol. The molecule has 0 saturated carbocycles. The van der Waals surface area contributed by atoms with Crippen LogP contribution in [0.4, 0.5) is 10.5 Å². The van der Waals surface area contributed by atoms with E-state index in [0.717, 1.165) is 10.5 Å². The molecule has 1 aromatic carbocycles. The zero-order chi connectivity index (χ0) is 10.7. The number of alkyl halides is 1. The first kappa shape index (κ1) is 11.3. The Morgan fingerprint density at radius 3 is 2.71 bits per heavy atom. The SMILES string of the molecule is CN(C(=O)O)c1ccc(CBr)c(Cl)c1. The van der Waals surface area contributed by atoms with Crippen molar-refractivity contribution in [1.29, 1.82) is 0 Å². The molecule has 76 valence electrons. The van der Waals surface area contributed by atoms with E-state index >= 15 is 0 Å². The Kier molecular flexibility index (Phi) is 3.77. The molecule has 3 nitrogen and oxygen atoms in total. The Morgan fingerprint density at radius 1 is 1.64 bits per heavy atom. The summed E-state index contributed by atoms with van der Waals surface area (Å²) in [7, 11) is 1.47. The van der Waals surface area contributed by atoms with Crippen molar-refractivity contribution in [3.8, 4) is 0 Å². The van der Waals surface area contributed by atoms with E-state index in [-0.39, 0.29) is 0 Å². The van der Waals surface area contributed by atoms with Crippen molar-refractivity contribution >= 4 is 39.3 Å². The maximum absolute atomic E-state index is 10.6. The van der Waals surface area contributed by atoms with E-state index < -0.39 is 6.09 Å². The van der Waals surface area contributed by atoms with Gasteiger partial charge in [-0.15, -0.1) is 0 Å². The van der Waals surface area contributed by atoms with Gasteiger partial charge in [0.15, 0.2) is 0 Å². The molecule has 1 rings (SSSR count). The highest BCUT2D eigenvalue weighted by atomic mass is 79.9. The fourth-order valence-electron chi connectivity index (χ4n) is 0.964. The second-order valence-electron chi connectivity index (χ2n) is 2.75. The predicted molar refractivity (Wildman–Crippen MR) is 60.5 cm³/mol. The van der Waals surface area contributed by atoms with Crippen LogP contribution >= 0.6 is 27.5 Å². The van der Waals surface area contributed by atoms with Gasteiger partial charge in [-0.2, -0.15) is 0 Å². The Bertz CT molecular complexity index is 357. The molecule has 0 fully saturated rings. The molecule has 0 atom stereocenters. The van der Waals surface area contributed by atoms with Gasteiger partial charge in [0, 0.05) is 23.1 Å². The summed E-state index contributed by atoms with van der Waals surface area (Å²) in [6, 6.07) is 5.15. The number of anilines is 1. The van der Waals surface area contributed by atoms with Gasteiger partial charge in [0.1, 0.15) is 0 Å². The van der Waals surface area contributed by atoms with Crippen molar-refractivity contribution in [2.75, 3.05) is 11.9 Å². The Morgan fingerprint density at radius 2 is 2.29 bits per heavy atom. The fourth-order valence-corrected chi connectivity index (χ4v) is 1.86. The highest BCUT2D eigenvalue weighted by Crippen LogP contribution is 2.24. The van der Waals surface area contributed by atoms with Crippen LogP contribution in [0.5, 0.6) is 0 Å². The molecule has 0 aliphatic heterocycles. The van der Waals surface area contributed by atoms with Crippen LogP contribution < -0.4 is 4.90 Å². The van der Waals surface area contributed by atoms with Crippen LogP contribution in [0.2, 0.25) is 5.02 Å². The van der Waals surface area contributed by atoms with Crippen molar-refractivity contribution in [1.82, 2.24) is 0 Å². The molecule has 0 bridgehead atoms. The van der Waals surface area contributed by atoms with Crippen LogP contribution in [0, 0.1) is 0 Å². The second kappa shape index (κ2) is 4.66. The molecule has 1 amide bonds. The van der Waals surface area contributed by atoms with Gasteiger partial charge in [0.25, 0.3) is 0 Å². The minimum Gasteiger partial charge on any atom is -0.465 e. The van der Waals surface area contributed by atoms with Crippen molar-refractivity contribution in [2.45, 2.75) is 5.33 Å². The summed E-state index contributed by atoms with van der Waals surface area (Å²) in [5, 5.41) is 9.94. The number of hydrogen-bond acceptors (Lipinski definition) is 1. The number of rotatable bonds is 2. The number of hydrogen-bond donors (Lipinski definition) is 1. The maximum atomic E-state index is 10.6.